The van der Waals surface area contributed by atoms with Gasteiger partial charge in [-0.05, 0) is 42.9 Å². The maximum Gasteiger partial charge on any atom is 0.314 e. The summed E-state index contributed by atoms with van der Waals surface area (Å²) in [5.41, 5.74) is 3.65. The highest BCUT2D eigenvalue weighted by atomic mass is 16.2. The normalized spacial score (nSPS) is 11.0. The highest BCUT2D eigenvalue weighted by Gasteiger charge is 2.05. The van der Waals surface area contributed by atoms with Crippen molar-refractivity contribution in [1.82, 2.24) is 15.6 Å². The topological polar surface area (TPSA) is 56.9 Å². The molecule has 114 valence electrons. The van der Waals surface area contributed by atoms with Crippen molar-refractivity contribution in [2.45, 2.75) is 33.6 Å². The summed E-state index contributed by atoms with van der Waals surface area (Å²) >= 11 is 0. The van der Waals surface area contributed by atoms with Gasteiger partial charge in [-0.15, -0.1) is 0 Å². The zero-order valence-electron chi connectivity index (χ0n) is 13.1. The number of amides is 2. The summed E-state index contributed by atoms with van der Waals surface area (Å²) in [4.78, 5) is 14.9. The Hall–Kier alpha value is -1.97. The number of rotatable bonds is 6. The van der Waals surface area contributed by atoms with Gasteiger partial charge in [0.15, 0.2) is 0 Å². The van der Waals surface area contributed by atoms with E-state index in [4.69, 9.17) is 0 Å². The van der Waals surface area contributed by atoms with Gasteiger partial charge in [0.1, 0.15) is 0 Å². The molecule has 1 aromatic carbocycles. The van der Waals surface area contributed by atoms with Crippen molar-refractivity contribution in [1.29, 1.82) is 0 Å². The van der Waals surface area contributed by atoms with E-state index in [9.17, 15) is 4.79 Å². The van der Waals surface area contributed by atoms with Gasteiger partial charge in [-0.2, -0.15) is 0 Å². The average molecular weight is 287 g/mol. The largest absolute Gasteiger partial charge is 0.361 e. The Kier molecular flexibility index (Phi) is 5.26. The van der Waals surface area contributed by atoms with Crippen LogP contribution in [0.25, 0.3) is 10.9 Å². The first-order chi connectivity index (χ1) is 10.1. The van der Waals surface area contributed by atoms with E-state index in [0.29, 0.717) is 12.5 Å². The molecule has 4 heteroatoms. The second-order valence-corrected chi connectivity index (χ2v) is 5.98. The molecule has 0 unspecified atom stereocenters. The molecule has 1 aromatic heterocycles. The van der Waals surface area contributed by atoms with Crippen LogP contribution < -0.4 is 10.6 Å². The van der Waals surface area contributed by atoms with Gasteiger partial charge < -0.3 is 15.6 Å². The molecule has 2 amide bonds. The van der Waals surface area contributed by atoms with Crippen LogP contribution in [0.2, 0.25) is 0 Å². The number of hydrogen-bond acceptors (Lipinski definition) is 1. The fourth-order valence-electron chi connectivity index (χ4n) is 2.35. The fraction of sp³-hybridized carbons (Fsp3) is 0.471. The van der Waals surface area contributed by atoms with Gasteiger partial charge in [0.25, 0.3) is 0 Å². The van der Waals surface area contributed by atoms with Crippen molar-refractivity contribution in [2.24, 2.45) is 5.92 Å². The predicted molar refractivity (Wildman–Crippen MR) is 87.6 cm³/mol. The van der Waals surface area contributed by atoms with Gasteiger partial charge in [-0.25, -0.2) is 4.79 Å². The first-order valence-electron chi connectivity index (χ1n) is 7.64. The maximum atomic E-state index is 11.6. The molecule has 0 aliphatic rings. The molecule has 0 aliphatic heterocycles. The van der Waals surface area contributed by atoms with E-state index in [-0.39, 0.29) is 6.03 Å². The highest BCUT2D eigenvalue weighted by molar-refractivity contribution is 5.83. The number of nitrogens with one attached hydrogen (secondary N) is 3. The summed E-state index contributed by atoms with van der Waals surface area (Å²) in [7, 11) is 0. The molecule has 3 N–H and O–H groups in total. The summed E-state index contributed by atoms with van der Waals surface area (Å²) in [6, 6.07) is 6.32. The summed E-state index contributed by atoms with van der Waals surface area (Å²) in [5.74, 6) is 0.611. The van der Waals surface area contributed by atoms with Crippen LogP contribution in [0.5, 0.6) is 0 Å². The molecule has 0 spiro atoms. The Morgan fingerprint density at radius 3 is 2.76 bits per heavy atom. The number of hydrogen-bond donors (Lipinski definition) is 3. The first kappa shape index (κ1) is 15.4. The third-order valence-corrected chi connectivity index (χ3v) is 3.61. The van der Waals surface area contributed by atoms with Crippen molar-refractivity contribution >= 4 is 16.9 Å². The van der Waals surface area contributed by atoms with E-state index >= 15 is 0 Å². The molecule has 4 nitrogen and oxygen atoms in total. The van der Waals surface area contributed by atoms with Crippen LogP contribution in [0.3, 0.4) is 0 Å². The number of carbonyl (C=O) groups excluding carboxylic acids is 1. The molecule has 21 heavy (non-hydrogen) atoms. The zero-order valence-corrected chi connectivity index (χ0v) is 13.1. The van der Waals surface area contributed by atoms with Gasteiger partial charge in [-0.3, -0.25) is 0 Å². The first-order valence-corrected chi connectivity index (χ1v) is 7.64. The van der Waals surface area contributed by atoms with E-state index in [2.05, 4.69) is 54.6 Å². The highest BCUT2D eigenvalue weighted by Crippen LogP contribution is 2.19. The molecule has 0 radical (unpaired) electrons. The molecule has 0 saturated carbocycles. The number of benzene rings is 1. The van der Waals surface area contributed by atoms with Crippen molar-refractivity contribution in [3.8, 4) is 0 Å². The van der Waals surface area contributed by atoms with Crippen molar-refractivity contribution in [2.75, 3.05) is 13.1 Å². The SMILES string of the molecule is Cc1ccc2c(CCNC(=O)NCCC(C)C)c[nH]c2c1. The Bertz CT molecular complexity index is 601. The standard InChI is InChI=1S/C17H25N3O/c1-12(2)6-8-18-17(21)19-9-7-14-11-20-16-10-13(3)4-5-15(14)16/h4-5,10-12,20H,6-9H2,1-3H3,(H2,18,19,21). The molecule has 2 rings (SSSR count). The number of aromatic amines is 1. The van der Waals surface area contributed by atoms with Crippen molar-refractivity contribution in [3.05, 3.63) is 35.5 Å². The minimum absolute atomic E-state index is 0.0775. The number of fused-ring (bicyclic) bond motifs is 1. The Labute approximate surface area is 126 Å². The van der Waals surface area contributed by atoms with Crippen LogP contribution in [0.4, 0.5) is 4.79 Å². The van der Waals surface area contributed by atoms with Gasteiger partial charge in [-0.1, -0.05) is 26.0 Å². The average Bonchev–Trinajstić information content (AvgIpc) is 2.80. The predicted octanol–water partition coefficient (Wildman–Crippen LogP) is 3.36. The molecule has 0 saturated heterocycles. The molecule has 0 fully saturated rings. The third-order valence-electron chi connectivity index (χ3n) is 3.61. The summed E-state index contributed by atoms with van der Waals surface area (Å²) in [5, 5.41) is 7.03. The van der Waals surface area contributed by atoms with Crippen LogP contribution in [0.15, 0.2) is 24.4 Å². The molecule has 2 aromatic rings. The monoisotopic (exact) mass is 287 g/mol. The van der Waals surface area contributed by atoms with E-state index in [0.717, 1.165) is 24.9 Å². The number of aromatic nitrogens is 1. The Morgan fingerprint density at radius 1 is 1.24 bits per heavy atom. The maximum absolute atomic E-state index is 11.6. The van der Waals surface area contributed by atoms with Gasteiger partial charge in [0.2, 0.25) is 0 Å². The third kappa shape index (κ3) is 4.52. The number of H-pyrrole nitrogens is 1. The van der Waals surface area contributed by atoms with Crippen molar-refractivity contribution in [3.63, 3.8) is 0 Å². The lowest BCUT2D eigenvalue weighted by Gasteiger charge is -2.08. The molecule has 0 atom stereocenters. The lowest BCUT2D eigenvalue weighted by Crippen LogP contribution is -2.37. The summed E-state index contributed by atoms with van der Waals surface area (Å²) in [6.45, 7) is 7.77. The van der Waals surface area contributed by atoms with Crippen LogP contribution in [0, 0.1) is 12.8 Å². The van der Waals surface area contributed by atoms with Gasteiger partial charge in [0.05, 0.1) is 0 Å². The van der Waals surface area contributed by atoms with Gasteiger partial charge >= 0.3 is 6.03 Å². The zero-order chi connectivity index (χ0) is 15.2. The smallest absolute Gasteiger partial charge is 0.314 e. The minimum atomic E-state index is -0.0775. The van der Waals surface area contributed by atoms with Crippen molar-refractivity contribution < 1.29 is 4.79 Å². The fourth-order valence-corrected chi connectivity index (χ4v) is 2.35. The van der Waals surface area contributed by atoms with Gasteiger partial charge in [0, 0.05) is 30.2 Å². The lowest BCUT2D eigenvalue weighted by atomic mass is 10.1. The van der Waals surface area contributed by atoms with Crippen LogP contribution in [-0.4, -0.2) is 24.1 Å². The minimum Gasteiger partial charge on any atom is -0.361 e. The molecule has 0 aliphatic carbocycles. The van der Waals surface area contributed by atoms with E-state index in [1.807, 2.05) is 6.20 Å². The summed E-state index contributed by atoms with van der Waals surface area (Å²) in [6.07, 6.45) is 3.87. The molecular weight excluding hydrogens is 262 g/mol. The summed E-state index contributed by atoms with van der Waals surface area (Å²) < 4.78 is 0. The second-order valence-electron chi connectivity index (χ2n) is 5.98. The van der Waals surface area contributed by atoms with Crippen LogP contribution in [-0.2, 0) is 6.42 Å². The number of aryl methyl sites for hydroxylation is 1. The quantitative estimate of drug-likeness (QED) is 0.749. The van der Waals surface area contributed by atoms with E-state index in [1.54, 1.807) is 0 Å². The number of urea groups is 1. The molecule has 0 bridgehead atoms. The molecular formula is C17H25N3O. The van der Waals surface area contributed by atoms with E-state index in [1.165, 1.54) is 16.5 Å². The van der Waals surface area contributed by atoms with E-state index < -0.39 is 0 Å². The van der Waals surface area contributed by atoms with Crippen LogP contribution in [0.1, 0.15) is 31.4 Å². The lowest BCUT2D eigenvalue weighted by molar-refractivity contribution is 0.240. The second kappa shape index (κ2) is 7.16. The Morgan fingerprint density at radius 2 is 2.00 bits per heavy atom. The Balaban J connectivity index is 1.78. The number of carbonyl (C=O) groups is 1. The van der Waals surface area contributed by atoms with Crippen LogP contribution >= 0.6 is 0 Å². The molecule has 1 heterocycles.